The van der Waals surface area contributed by atoms with Crippen molar-refractivity contribution in [3.63, 3.8) is 0 Å². The molecule has 0 saturated carbocycles. The Morgan fingerprint density at radius 1 is 1.37 bits per heavy atom. The van der Waals surface area contributed by atoms with Crippen LogP contribution in [0.1, 0.15) is 20.1 Å². The second-order valence-electron chi connectivity index (χ2n) is 8.70. The Balaban J connectivity index is 1.57. The molecule has 0 bridgehead atoms. The number of hydrogen-bond acceptors (Lipinski definition) is 12. The molecule has 0 amide bonds. The van der Waals surface area contributed by atoms with Gasteiger partial charge in [-0.05, 0) is 26.0 Å². The van der Waals surface area contributed by atoms with E-state index in [0.717, 1.165) is 6.92 Å². The van der Waals surface area contributed by atoms with E-state index in [4.69, 9.17) is 19.5 Å². The lowest BCUT2D eigenvalue weighted by molar-refractivity contribution is -0.142. The van der Waals surface area contributed by atoms with E-state index < -0.39 is 50.5 Å². The zero-order chi connectivity index (χ0) is 27.7. The number of benzene rings is 1. The summed E-state index contributed by atoms with van der Waals surface area (Å²) >= 11 is 0. The maximum absolute atomic E-state index is 15.9. The summed E-state index contributed by atoms with van der Waals surface area (Å²) in [5, 5.41) is 16.1. The number of halogens is 1. The normalized spacial score (nSPS) is 25.6. The molecule has 16 heteroatoms. The first-order valence-corrected chi connectivity index (χ1v) is 13.1. The number of imidazole rings is 1. The first-order chi connectivity index (χ1) is 18.0. The smallest absolute Gasteiger partial charge is 0.459 e. The number of para-hydroxylation sites is 1. The van der Waals surface area contributed by atoms with Crippen LogP contribution in [-0.4, -0.2) is 75.3 Å². The third-order valence-corrected chi connectivity index (χ3v) is 7.57. The van der Waals surface area contributed by atoms with Crippen molar-refractivity contribution in [3.05, 3.63) is 36.7 Å². The number of nitrogens with one attached hydrogen (secondary N) is 2. The summed E-state index contributed by atoms with van der Waals surface area (Å²) in [4.78, 5) is 24.3. The second-order valence-corrected chi connectivity index (χ2v) is 10.4. The average Bonchev–Trinajstić information content (AvgIpc) is 3.39. The van der Waals surface area contributed by atoms with Gasteiger partial charge in [0.2, 0.25) is 5.95 Å². The van der Waals surface area contributed by atoms with E-state index in [-0.39, 0.29) is 17.3 Å². The van der Waals surface area contributed by atoms with Gasteiger partial charge in [-0.15, -0.1) is 0 Å². The molecule has 38 heavy (non-hydrogen) atoms. The zero-order valence-corrected chi connectivity index (χ0v) is 22.0. The van der Waals surface area contributed by atoms with Gasteiger partial charge in [-0.3, -0.25) is 13.9 Å². The number of aliphatic hydroxyl groups is 1. The molecule has 0 radical (unpaired) electrons. The fourth-order valence-corrected chi connectivity index (χ4v) is 5.48. The first-order valence-electron chi connectivity index (χ1n) is 11.5. The Labute approximate surface area is 217 Å². The fourth-order valence-electron chi connectivity index (χ4n) is 3.98. The van der Waals surface area contributed by atoms with Gasteiger partial charge in [0.25, 0.3) is 0 Å². The number of methoxy groups -OCH3 is 1. The van der Waals surface area contributed by atoms with Crippen LogP contribution in [-0.2, 0) is 23.4 Å². The number of carbonyl (C=O) groups is 1. The number of nitrogens with two attached hydrogens (primary N) is 1. The van der Waals surface area contributed by atoms with Crippen LogP contribution >= 0.6 is 7.75 Å². The first kappa shape index (κ1) is 27.7. The van der Waals surface area contributed by atoms with Gasteiger partial charge in [-0.1, -0.05) is 18.2 Å². The van der Waals surface area contributed by atoms with Crippen LogP contribution in [0.3, 0.4) is 0 Å². The highest BCUT2D eigenvalue weighted by atomic mass is 31.2. The summed E-state index contributed by atoms with van der Waals surface area (Å²) < 4.78 is 52.3. The van der Waals surface area contributed by atoms with Crippen molar-refractivity contribution in [2.75, 3.05) is 31.8 Å². The third kappa shape index (κ3) is 5.42. The molecule has 14 nitrogen and oxygen atoms in total. The molecule has 3 aromatic rings. The maximum atomic E-state index is 15.9. The molecule has 1 fully saturated rings. The van der Waals surface area contributed by atoms with Crippen LogP contribution < -0.4 is 20.7 Å². The number of hydrogen-bond donors (Lipinski definition) is 4. The minimum Gasteiger partial charge on any atom is -0.468 e. The van der Waals surface area contributed by atoms with Crippen molar-refractivity contribution in [2.24, 2.45) is 0 Å². The molecule has 3 heterocycles. The molecular formula is C22H29FN7O7P. The standard InChI is InChI=1S/C22H29FN7O7P/c1-12(19(32)34-4)29-38(33,37-13-8-6-5-7-9-13)35-10-14-16(31)22(2,23)20(36-14)30-11-26-15-17(25-3)27-21(24)28-18(15)30/h5-9,11-12,14,16,20,31H,10H2,1-4H3,(H,29,33)(H3,24,25,27,28)/t12-,14+,16+,20+,22+,38?/m0/s1. The Morgan fingerprint density at radius 3 is 2.74 bits per heavy atom. The van der Waals surface area contributed by atoms with E-state index in [1.807, 2.05) is 0 Å². The molecule has 0 spiro atoms. The predicted molar refractivity (Wildman–Crippen MR) is 134 cm³/mol. The van der Waals surface area contributed by atoms with Crippen LogP contribution in [0.15, 0.2) is 36.7 Å². The number of aliphatic hydroxyl groups excluding tert-OH is 1. The van der Waals surface area contributed by atoms with Crippen molar-refractivity contribution in [1.29, 1.82) is 0 Å². The van der Waals surface area contributed by atoms with Crippen molar-refractivity contribution < 1.29 is 37.4 Å². The van der Waals surface area contributed by atoms with Gasteiger partial charge in [-0.25, -0.2) is 13.9 Å². The lowest BCUT2D eigenvalue weighted by Crippen LogP contribution is -2.41. The summed E-state index contributed by atoms with van der Waals surface area (Å²) in [5.74, 6) is -0.278. The number of carbonyl (C=O) groups excluding carboxylic acids is 1. The van der Waals surface area contributed by atoms with Gasteiger partial charge in [0.05, 0.1) is 20.0 Å². The van der Waals surface area contributed by atoms with Crippen LogP contribution in [0.5, 0.6) is 5.75 Å². The summed E-state index contributed by atoms with van der Waals surface area (Å²) in [5.41, 5.74) is 3.93. The van der Waals surface area contributed by atoms with Gasteiger partial charge in [0.1, 0.15) is 24.0 Å². The Hall–Kier alpha value is -3.36. The zero-order valence-electron chi connectivity index (χ0n) is 21.1. The van der Waals surface area contributed by atoms with E-state index in [1.54, 1.807) is 25.2 Å². The van der Waals surface area contributed by atoms with E-state index in [1.165, 1.54) is 37.1 Å². The maximum Gasteiger partial charge on any atom is 0.459 e. The highest BCUT2D eigenvalue weighted by Crippen LogP contribution is 2.48. The lowest BCUT2D eigenvalue weighted by atomic mass is 9.98. The van der Waals surface area contributed by atoms with Crippen LogP contribution in [0, 0.1) is 0 Å². The van der Waals surface area contributed by atoms with Gasteiger partial charge in [-0.2, -0.15) is 15.1 Å². The number of anilines is 2. The molecule has 206 valence electrons. The number of nitrogens with zero attached hydrogens (tertiary/aromatic N) is 4. The molecule has 1 aliphatic heterocycles. The minimum absolute atomic E-state index is 0.0765. The molecule has 1 saturated heterocycles. The van der Waals surface area contributed by atoms with Crippen molar-refractivity contribution in [1.82, 2.24) is 24.6 Å². The fraction of sp³-hybridized carbons (Fsp3) is 0.455. The van der Waals surface area contributed by atoms with E-state index in [2.05, 4.69) is 30.1 Å². The number of rotatable bonds is 10. The van der Waals surface area contributed by atoms with Crippen LogP contribution in [0.25, 0.3) is 11.2 Å². The van der Waals surface area contributed by atoms with Crippen molar-refractivity contribution in [3.8, 4) is 5.75 Å². The van der Waals surface area contributed by atoms with Crippen LogP contribution in [0.4, 0.5) is 16.2 Å². The molecule has 6 atom stereocenters. The molecule has 5 N–H and O–H groups in total. The van der Waals surface area contributed by atoms with Crippen molar-refractivity contribution in [2.45, 2.75) is 44.0 Å². The van der Waals surface area contributed by atoms with Crippen molar-refractivity contribution >= 4 is 36.6 Å². The van der Waals surface area contributed by atoms with Gasteiger partial charge in [0.15, 0.2) is 28.9 Å². The molecule has 0 aliphatic carbocycles. The Bertz CT molecular complexity index is 1340. The summed E-state index contributed by atoms with van der Waals surface area (Å²) in [6, 6.07) is 7.02. The molecular weight excluding hydrogens is 524 g/mol. The predicted octanol–water partition coefficient (Wildman–Crippen LogP) is 1.79. The molecule has 1 unspecified atom stereocenters. The molecule has 2 aromatic heterocycles. The third-order valence-electron chi connectivity index (χ3n) is 5.93. The summed E-state index contributed by atoms with van der Waals surface area (Å²) in [6.07, 6.45) is -3.11. The number of fused-ring (bicyclic) bond motifs is 1. The monoisotopic (exact) mass is 553 g/mol. The Kier molecular flexibility index (Phi) is 7.85. The second kappa shape index (κ2) is 10.8. The largest absolute Gasteiger partial charge is 0.468 e. The average molecular weight is 553 g/mol. The quantitative estimate of drug-likeness (QED) is 0.211. The van der Waals surface area contributed by atoms with E-state index in [0.29, 0.717) is 11.3 Å². The van der Waals surface area contributed by atoms with E-state index >= 15 is 4.39 Å². The lowest BCUT2D eigenvalue weighted by Gasteiger charge is -2.25. The molecule has 1 aliphatic rings. The van der Waals surface area contributed by atoms with E-state index in [9.17, 15) is 14.5 Å². The topological polar surface area (TPSA) is 185 Å². The van der Waals surface area contributed by atoms with Gasteiger partial charge >= 0.3 is 13.7 Å². The highest BCUT2D eigenvalue weighted by molar-refractivity contribution is 7.52. The van der Waals surface area contributed by atoms with Gasteiger partial charge in [0, 0.05) is 7.05 Å². The Morgan fingerprint density at radius 2 is 2.08 bits per heavy atom. The number of aromatic nitrogens is 4. The number of alkyl halides is 1. The summed E-state index contributed by atoms with van der Waals surface area (Å²) in [6.45, 7) is 1.99. The molecule has 4 rings (SSSR count). The summed E-state index contributed by atoms with van der Waals surface area (Å²) in [7, 11) is -1.46. The molecule has 1 aromatic carbocycles. The number of nitrogen functional groups attached to an aromatic ring is 1. The minimum atomic E-state index is -4.25. The SMILES string of the molecule is CNc1nc(N)nc2c1ncn2[C@@H]1O[C@H](COP(=O)(N[C@@H](C)C(=O)OC)Oc2ccccc2)[C@@H](O)[C@@]1(C)F. The highest BCUT2D eigenvalue weighted by Gasteiger charge is 2.56. The number of esters is 1. The van der Waals surface area contributed by atoms with Crippen LogP contribution in [0.2, 0.25) is 0 Å². The number of ether oxygens (including phenoxy) is 2. The van der Waals surface area contributed by atoms with Gasteiger partial charge < -0.3 is 30.2 Å².